The van der Waals surface area contributed by atoms with Gasteiger partial charge in [0.1, 0.15) is 18.2 Å². The quantitative estimate of drug-likeness (QED) is 0.306. The van der Waals surface area contributed by atoms with Crippen LogP contribution in [0.3, 0.4) is 0 Å². The summed E-state index contributed by atoms with van der Waals surface area (Å²) in [5.74, 6) is 0.769. The highest BCUT2D eigenvalue weighted by molar-refractivity contribution is 7.17. The van der Waals surface area contributed by atoms with Crippen molar-refractivity contribution in [1.29, 1.82) is 0 Å². The number of hydrogen-bond donors (Lipinski definition) is 2. The zero-order chi connectivity index (χ0) is 24.1. The lowest BCUT2D eigenvalue weighted by molar-refractivity contribution is 0.102. The van der Waals surface area contributed by atoms with E-state index >= 15 is 0 Å². The molecule has 0 bridgehead atoms. The molecule has 1 amide bonds. The van der Waals surface area contributed by atoms with E-state index in [2.05, 4.69) is 10.3 Å². The van der Waals surface area contributed by atoms with Crippen LogP contribution >= 0.6 is 22.9 Å². The number of aromatic nitrogens is 1. The molecule has 0 aliphatic rings. The number of carbonyl (C=O) groups is 2. The number of amides is 1. The molecule has 4 rings (SSSR count). The van der Waals surface area contributed by atoms with Crippen molar-refractivity contribution in [2.45, 2.75) is 13.5 Å². The number of nitrogen functional groups attached to an aromatic ring is 1. The molecule has 3 N–H and O–H groups in total. The van der Waals surface area contributed by atoms with Crippen molar-refractivity contribution < 1.29 is 23.8 Å². The maximum absolute atomic E-state index is 12.6. The Hall–Kier alpha value is -3.82. The minimum Gasteiger partial charge on any atom is -0.489 e. The van der Waals surface area contributed by atoms with Gasteiger partial charge in [-0.05, 0) is 48.7 Å². The van der Waals surface area contributed by atoms with Crippen LogP contribution in [0.4, 0.5) is 16.3 Å². The van der Waals surface area contributed by atoms with Crippen LogP contribution in [0.15, 0.2) is 60.1 Å². The number of halogens is 1. The SMILES string of the molecule is CCOC(=O)Oc1cnc(N)c2c(COc3cccc(C(=O)Nc4cccc(Cl)c4)c3)csc12. The largest absolute Gasteiger partial charge is 0.513 e. The predicted molar refractivity (Wildman–Crippen MR) is 132 cm³/mol. The summed E-state index contributed by atoms with van der Waals surface area (Å²) in [5.41, 5.74) is 7.88. The maximum atomic E-state index is 12.6. The number of ether oxygens (including phenoxy) is 3. The van der Waals surface area contributed by atoms with E-state index in [1.807, 2.05) is 5.38 Å². The minimum atomic E-state index is -0.811. The zero-order valence-electron chi connectivity index (χ0n) is 18.0. The summed E-state index contributed by atoms with van der Waals surface area (Å²) in [4.78, 5) is 28.5. The molecule has 34 heavy (non-hydrogen) atoms. The van der Waals surface area contributed by atoms with Gasteiger partial charge in [-0.15, -0.1) is 11.3 Å². The molecule has 0 aliphatic carbocycles. The first-order valence-electron chi connectivity index (χ1n) is 10.2. The average Bonchev–Trinajstić information content (AvgIpc) is 3.25. The first kappa shape index (κ1) is 23.3. The number of thiophene rings is 1. The summed E-state index contributed by atoms with van der Waals surface area (Å²) in [6, 6.07) is 13.7. The average molecular weight is 498 g/mol. The van der Waals surface area contributed by atoms with E-state index in [1.54, 1.807) is 55.5 Å². The predicted octanol–water partition coefficient (Wildman–Crippen LogP) is 5.90. The monoisotopic (exact) mass is 497 g/mol. The lowest BCUT2D eigenvalue weighted by atomic mass is 10.2. The second kappa shape index (κ2) is 10.4. The van der Waals surface area contributed by atoms with Crippen LogP contribution < -0.4 is 20.5 Å². The van der Waals surface area contributed by atoms with Gasteiger partial charge in [0.25, 0.3) is 5.91 Å². The van der Waals surface area contributed by atoms with Gasteiger partial charge in [-0.3, -0.25) is 4.79 Å². The van der Waals surface area contributed by atoms with Crippen molar-refractivity contribution in [1.82, 2.24) is 4.98 Å². The van der Waals surface area contributed by atoms with Gasteiger partial charge in [0.2, 0.25) is 0 Å². The Morgan fingerprint density at radius 1 is 1.18 bits per heavy atom. The molecule has 2 aromatic carbocycles. The molecule has 0 saturated heterocycles. The third-order valence-corrected chi connectivity index (χ3v) is 5.98. The van der Waals surface area contributed by atoms with Gasteiger partial charge in [-0.2, -0.15) is 0 Å². The molecule has 0 saturated carbocycles. The number of rotatable bonds is 7. The summed E-state index contributed by atoms with van der Waals surface area (Å²) in [5, 5.41) is 5.83. The number of carbonyl (C=O) groups excluding carboxylic acids is 2. The molecular weight excluding hydrogens is 478 g/mol. The topological polar surface area (TPSA) is 113 Å². The highest BCUT2D eigenvalue weighted by atomic mass is 35.5. The van der Waals surface area contributed by atoms with E-state index in [9.17, 15) is 9.59 Å². The number of anilines is 2. The second-order valence-electron chi connectivity index (χ2n) is 7.04. The number of pyridine rings is 1. The van der Waals surface area contributed by atoms with Gasteiger partial charge in [0.15, 0.2) is 5.75 Å². The summed E-state index contributed by atoms with van der Waals surface area (Å²) in [6.45, 7) is 2.06. The highest BCUT2D eigenvalue weighted by Crippen LogP contribution is 2.37. The summed E-state index contributed by atoms with van der Waals surface area (Å²) >= 11 is 7.33. The number of nitrogens with zero attached hydrogens (tertiary/aromatic N) is 1. The molecule has 4 aromatic rings. The van der Waals surface area contributed by atoms with Crippen LogP contribution in [-0.4, -0.2) is 23.7 Å². The first-order valence-corrected chi connectivity index (χ1v) is 11.5. The molecule has 10 heteroatoms. The second-order valence-corrected chi connectivity index (χ2v) is 8.35. The maximum Gasteiger partial charge on any atom is 0.513 e. The van der Waals surface area contributed by atoms with Crippen molar-refractivity contribution in [3.8, 4) is 11.5 Å². The fourth-order valence-electron chi connectivity index (χ4n) is 3.18. The van der Waals surface area contributed by atoms with Crippen LogP contribution in [0.1, 0.15) is 22.8 Å². The van der Waals surface area contributed by atoms with E-state index in [-0.39, 0.29) is 24.9 Å². The van der Waals surface area contributed by atoms with Crippen LogP contribution in [0.25, 0.3) is 10.1 Å². The Balaban J connectivity index is 1.49. The Kier molecular flexibility index (Phi) is 7.15. The van der Waals surface area contributed by atoms with Gasteiger partial charge in [0, 0.05) is 27.2 Å². The van der Waals surface area contributed by atoms with E-state index < -0.39 is 6.16 Å². The van der Waals surface area contributed by atoms with E-state index in [0.29, 0.717) is 37.9 Å². The van der Waals surface area contributed by atoms with Crippen molar-refractivity contribution in [2.24, 2.45) is 0 Å². The van der Waals surface area contributed by atoms with Crippen LogP contribution in [0, 0.1) is 0 Å². The molecular formula is C24H20ClN3O5S. The number of fused-ring (bicyclic) bond motifs is 1. The Labute approximate surface area is 204 Å². The number of hydrogen-bond acceptors (Lipinski definition) is 8. The molecule has 2 heterocycles. The normalized spacial score (nSPS) is 10.6. The Bertz CT molecular complexity index is 1360. The fourth-order valence-corrected chi connectivity index (χ4v) is 4.38. The molecule has 2 aromatic heterocycles. The number of nitrogens with two attached hydrogens (primary N) is 1. The lowest BCUT2D eigenvalue weighted by Gasteiger charge is -2.10. The molecule has 0 fully saturated rings. The van der Waals surface area contributed by atoms with Gasteiger partial charge in [0.05, 0.1) is 17.5 Å². The van der Waals surface area contributed by atoms with Crippen molar-refractivity contribution in [3.63, 3.8) is 0 Å². The molecule has 0 radical (unpaired) electrons. The van der Waals surface area contributed by atoms with Gasteiger partial charge in [-0.25, -0.2) is 9.78 Å². The highest BCUT2D eigenvalue weighted by Gasteiger charge is 2.17. The Morgan fingerprint density at radius 3 is 2.79 bits per heavy atom. The third kappa shape index (κ3) is 5.38. The molecule has 0 atom stereocenters. The molecule has 8 nitrogen and oxygen atoms in total. The molecule has 174 valence electrons. The van der Waals surface area contributed by atoms with E-state index in [4.69, 9.17) is 31.5 Å². The minimum absolute atomic E-state index is 0.175. The molecule has 0 aliphatic heterocycles. The smallest absolute Gasteiger partial charge is 0.489 e. The fraction of sp³-hybridized carbons (Fsp3) is 0.125. The van der Waals surface area contributed by atoms with Crippen LogP contribution in [-0.2, 0) is 11.3 Å². The van der Waals surface area contributed by atoms with Crippen LogP contribution in [0.2, 0.25) is 5.02 Å². The summed E-state index contributed by atoms with van der Waals surface area (Å²) < 4.78 is 16.7. The van der Waals surface area contributed by atoms with Crippen molar-refractivity contribution >= 4 is 56.6 Å². The third-order valence-electron chi connectivity index (χ3n) is 4.70. The van der Waals surface area contributed by atoms with Crippen molar-refractivity contribution in [3.05, 3.63) is 76.3 Å². The number of nitrogens with one attached hydrogen (secondary N) is 1. The van der Waals surface area contributed by atoms with Gasteiger partial charge < -0.3 is 25.3 Å². The molecule has 0 spiro atoms. The number of benzene rings is 2. The van der Waals surface area contributed by atoms with Crippen LogP contribution in [0.5, 0.6) is 11.5 Å². The zero-order valence-corrected chi connectivity index (χ0v) is 19.6. The van der Waals surface area contributed by atoms with Gasteiger partial charge in [-0.1, -0.05) is 23.7 Å². The summed E-state index contributed by atoms with van der Waals surface area (Å²) in [6.07, 6.45) is 0.576. The molecule has 0 unspecified atom stereocenters. The van der Waals surface area contributed by atoms with E-state index in [0.717, 1.165) is 5.56 Å². The van der Waals surface area contributed by atoms with Gasteiger partial charge >= 0.3 is 6.16 Å². The summed E-state index contributed by atoms with van der Waals surface area (Å²) in [7, 11) is 0. The van der Waals surface area contributed by atoms with Crippen molar-refractivity contribution in [2.75, 3.05) is 17.7 Å². The van der Waals surface area contributed by atoms with E-state index in [1.165, 1.54) is 17.5 Å². The standard InChI is InChI=1S/C24H20ClN3O5S/c1-2-31-24(30)33-19-11-27-22(26)20-15(13-34-21(19)20)12-32-18-8-3-5-14(9-18)23(29)28-17-7-4-6-16(25)10-17/h3-11,13H,2,12H2,1H3,(H2,26,27)(H,28,29). The first-order chi connectivity index (χ1) is 16.4. The lowest BCUT2D eigenvalue weighted by Crippen LogP contribution is -2.12. The Morgan fingerprint density at radius 2 is 2.00 bits per heavy atom.